The predicted octanol–water partition coefficient (Wildman–Crippen LogP) is 3.03. The normalized spacial score (nSPS) is 14.6. The first-order chi connectivity index (χ1) is 9.31. The Morgan fingerprint density at radius 2 is 2.11 bits per heavy atom. The summed E-state index contributed by atoms with van der Waals surface area (Å²) in [6, 6.07) is 9.57. The fourth-order valence-corrected chi connectivity index (χ4v) is 2.62. The maximum Gasteiger partial charge on any atom is 0.0795 e. The molecule has 2 aromatic rings. The lowest BCUT2D eigenvalue weighted by Crippen LogP contribution is -2.17. The van der Waals surface area contributed by atoms with E-state index in [0.717, 1.165) is 24.8 Å². The number of hydrogen-bond donors (Lipinski definition) is 1. The number of anilines is 1. The number of benzene rings is 1. The molecule has 100 valence electrons. The van der Waals surface area contributed by atoms with Gasteiger partial charge in [-0.25, -0.2) is 4.98 Å². The van der Waals surface area contributed by atoms with Crippen molar-refractivity contribution in [1.82, 2.24) is 10.3 Å². The van der Waals surface area contributed by atoms with E-state index < -0.39 is 0 Å². The highest BCUT2D eigenvalue weighted by Crippen LogP contribution is 2.20. The van der Waals surface area contributed by atoms with E-state index in [4.69, 9.17) is 0 Å². The minimum atomic E-state index is 0.770. The Balaban J connectivity index is 1.57. The van der Waals surface area contributed by atoms with E-state index in [-0.39, 0.29) is 0 Å². The molecule has 1 heterocycles. The topological polar surface area (TPSA) is 28.2 Å². The minimum absolute atomic E-state index is 0.770. The molecular weight excluding hydrogens is 254 g/mol. The van der Waals surface area contributed by atoms with Crippen LogP contribution in [-0.4, -0.2) is 18.1 Å². The van der Waals surface area contributed by atoms with Gasteiger partial charge in [0.25, 0.3) is 0 Å². The van der Waals surface area contributed by atoms with E-state index in [9.17, 15) is 0 Å². The Morgan fingerprint density at radius 3 is 2.74 bits per heavy atom. The monoisotopic (exact) mass is 273 g/mol. The third-order valence-corrected chi connectivity index (χ3v) is 4.07. The summed E-state index contributed by atoms with van der Waals surface area (Å²) in [6.45, 7) is 1.85. The lowest BCUT2D eigenvalue weighted by molar-refractivity contribution is 0.688. The molecule has 19 heavy (non-hydrogen) atoms. The van der Waals surface area contributed by atoms with Crippen molar-refractivity contribution in [2.24, 2.45) is 0 Å². The summed E-state index contributed by atoms with van der Waals surface area (Å²) in [7, 11) is 2.11. The zero-order valence-corrected chi connectivity index (χ0v) is 12.0. The Morgan fingerprint density at radius 1 is 1.32 bits per heavy atom. The average Bonchev–Trinajstić information content (AvgIpc) is 3.13. The van der Waals surface area contributed by atoms with Gasteiger partial charge in [-0.2, -0.15) is 0 Å². The summed E-state index contributed by atoms with van der Waals surface area (Å²) in [5, 5.41) is 5.64. The number of nitrogens with one attached hydrogen (secondary N) is 1. The Hall–Kier alpha value is -1.39. The van der Waals surface area contributed by atoms with Crippen molar-refractivity contribution in [3.05, 3.63) is 46.4 Å². The molecule has 4 heteroatoms. The van der Waals surface area contributed by atoms with E-state index in [1.807, 2.05) is 5.51 Å². The molecule has 0 bridgehead atoms. The van der Waals surface area contributed by atoms with Gasteiger partial charge in [0.05, 0.1) is 17.7 Å². The summed E-state index contributed by atoms with van der Waals surface area (Å²) in [5.74, 6) is 0. The van der Waals surface area contributed by atoms with E-state index in [1.165, 1.54) is 24.1 Å². The van der Waals surface area contributed by atoms with Crippen LogP contribution >= 0.6 is 11.3 Å². The van der Waals surface area contributed by atoms with Gasteiger partial charge in [0.1, 0.15) is 0 Å². The second kappa shape index (κ2) is 5.72. The maximum atomic E-state index is 4.32. The van der Waals surface area contributed by atoms with Gasteiger partial charge in [-0.05, 0) is 30.5 Å². The van der Waals surface area contributed by atoms with E-state index in [0.29, 0.717) is 0 Å². The smallest absolute Gasteiger partial charge is 0.0795 e. The zero-order chi connectivity index (χ0) is 13.1. The van der Waals surface area contributed by atoms with Crippen molar-refractivity contribution in [2.45, 2.75) is 32.0 Å². The minimum Gasteiger partial charge on any atom is -0.369 e. The predicted molar refractivity (Wildman–Crippen MR) is 80.5 cm³/mol. The molecule has 0 spiro atoms. The molecule has 1 aromatic carbocycles. The highest BCUT2D eigenvalue weighted by Gasteiger charge is 2.19. The van der Waals surface area contributed by atoms with Crippen LogP contribution in [0.2, 0.25) is 0 Å². The number of nitrogens with zero attached hydrogens (tertiary/aromatic N) is 2. The highest BCUT2D eigenvalue weighted by atomic mass is 32.1. The molecule has 3 rings (SSSR count). The molecule has 1 aliphatic carbocycles. The molecule has 1 aliphatic rings. The molecule has 0 unspecified atom stereocenters. The lowest BCUT2D eigenvalue weighted by Gasteiger charge is -2.18. The van der Waals surface area contributed by atoms with Crippen LogP contribution in [0, 0.1) is 0 Å². The van der Waals surface area contributed by atoms with Gasteiger partial charge in [-0.15, -0.1) is 11.3 Å². The van der Waals surface area contributed by atoms with Gasteiger partial charge in [0.2, 0.25) is 0 Å². The lowest BCUT2D eigenvalue weighted by atomic mass is 10.2. The molecule has 1 N–H and O–H groups in total. The summed E-state index contributed by atoms with van der Waals surface area (Å²) in [5.41, 5.74) is 5.61. The van der Waals surface area contributed by atoms with Gasteiger partial charge < -0.3 is 10.2 Å². The molecule has 1 fully saturated rings. The first-order valence-electron chi connectivity index (χ1n) is 6.72. The molecule has 3 nitrogen and oxygen atoms in total. The maximum absolute atomic E-state index is 4.32. The van der Waals surface area contributed by atoms with Crippen LogP contribution in [0.1, 0.15) is 24.1 Å². The van der Waals surface area contributed by atoms with Crippen molar-refractivity contribution in [3.8, 4) is 0 Å². The number of aromatic nitrogens is 1. The summed E-state index contributed by atoms with van der Waals surface area (Å²) < 4.78 is 0. The van der Waals surface area contributed by atoms with Crippen molar-refractivity contribution >= 4 is 17.0 Å². The second-order valence-electron chi connectivity index (χ2n) is 5.16. The Bertz CT molecular complexity index is 503. The zero-order valence-electron chi connectivity index (χ0n) is 11.2. The van der Waals surface area contributed by atoms with Gasteiger partial charge >= 0.3 is 0 Å². The van der Waals surface area contributed by atoms with Crippen molar-refractivity contribution in [3.63, 3.8) is 0 Å². The molecule has 0 radical (unpaired) electrons. The van der Waals surface area contributed by atoms with Crippen molar-refractivity contribution in [1.29, 1.82) is 0 Å². The number of thiazole rings is 1. The van der Waals surface area contributed by atoms with Crippen LogP contribution in [0.4, 0.5) is 5.69 Å². The third kappa shape index (κ3) is 3.55. The third-order valence-electron chi connectivity index (χ3n) is 3.43. The van der Waals surface area contributed by atoms with Gasteiger partial charge in [0.15, 0.2) is 0 Å². The van der Waals surface area contributed by atoms with Gasteiger partial charge in [-0.3, -0.25) is 0 Å². The number of hydrogen-bond acceptors (Lipinski definition) is 4. The molecule has 1 aromatic heterocycles. The van der Waals surface area contributed by atoms with Crippen LogP contribution in [0.15, 0.2) is 35.2 Å². The van der Waals surface area contributed by atoms with Crippen LogP contribution in [0.5, 0.6) is 0 Å². The van der Waals surface area contributed by atoms with Crippen LogP contribution in [0.3, 0.4) is 0 Å². The van der Waals surface area contributed by atoms with Crippen molar-refractivity contribution < 1.29 is 0 Å². The van der Waals surface area contributed by atoms with Gasteiger partial charge in [0, 0.05) is 30.7 Å². The summed E-state index contributed by atoms with van der Waals surface area (Å²) >= 11 is 1.65. The Kier molecular flexibility index (Phi) is 3.80. The van der Waals surface area contributed by atoms with Crippen molar-refractivity contribution in [2.75, 3.05) is 11.9 Å². The fourth-order valence-electron chi connectivity index (χ4n) is 2.07. The second-order valence-corrected chi connectivity index (χ2v) is 5.88. The summed E-state index contributed by atoms with van der Waals surface area (Å²) in [6.07, 6.45) is 2.68. The van der Waals surface area contributed by atoms with Crippen LogP contribution < -0.4 is 10.2 Å². The fraction of sp³-hybridized carbons (Fsp3) is 0.400. The largest absolute Gasteiger partial charge is 0.369 e. The molecule has 0 amide bonds. The SMILES string of the molecule is CN(Cc1cscn1)c1ccc(CNC2CC2)cc1. The first-order valence-corrected chi connectivity index (χ1v) is 7.66. The molecular formula is C15H19N3S. The standard InChI is InChI=1S/C15H19N3S/c1-18(9-14-10-19-11-17-14)15-6-2-12(3-7-15)8-16-13-4-5-13/h2-3,6-7,10-11,13,16H,4-5,8-9H2,1H3. The van der Waals surface area contributed by atoms with E-state index >= 15 is 0 Å². The van der Waals surface area contributed by atoms with E-state index in [1.54, 1.807) is 11.3 Å². The molecule has 0 aliphatic heterocycles. The van der Waals surface area contributed by atoms with Crippen LogP contribution in [0.25, 0.3) is 0 Å². The molecule has 0 atom stereocenters. The molecule has 0 saturated heterocycles. The van der Waals surface area contributed by atoms with E-state index in [2.05, 4.69) is 51.9 Å². The highest BCUT2D eigenvalue weighted by molar-refractivity contribution is 7.07. The summed E-state index contributed by atoms with van der Waals surface area (Å²) in [4.78, 5) is 6.55. The first kappa shape index (κ1) is 12.6. The Labute approximate surface area is 118 Å². The average molecular weight is 273 g/mol. The number of rotatable bonds is 6. The van der Waals surface area contributed by atoms with Gasteiger partial charge in [-0.1, -0.05) is 12.1 Å². The van der Waals surface area contributed by atoms with Crippen LogP contribution in [-0.2, 0) is 13.1 Å². The molecule has 1 saturated carbocycles. The quantitative estimate of drug-likeness (QED) is 0.877.